The zero-order valence-electron chi connectivity index (χ0n) is 23.1. The van der Waals surface area contributed by atoms with E-state index in [1.165, 1.54) is 4.57 Å². The van der Waals surface area contributed by atoms with Gasteiger partial charge < -0.3 is 25.4 Å². The Morgan fingerprint density at radius 3 is 2.30 bits per heavy atom. The van der Waals surface area contributed by atoms with Gasteiger partial charge in [0.25, 0.3) is 0 Å². The van der Waals surface area contributed by atoms with Crippen molar-refractivity contribution in [1.29, 1.82) is 0 Å². The molecule has 2 aliphatic rings. The van der Waals surface area contributed by atoms with Gasteiger partial charge in [-0.05, 0) is 63.8 Å². The van der Waals surface area contributed by atoms with Gasteiger partial charge in [-0.1, -0.05) is 12.1 Å². The molecule has 0 radical (unpaired) electrons. The number of rotatable bonds is 6. The van der Waals surface area contributed by atoms with Gasteiger partial charge in [-0.15, -0.1) is 0 Å². The van der Waals surface area contributed by atoms with Crippen molar-refractivity contribution < 1.29 is 24.2 Å². The van der Waals surface area contributed by atoms with Crippen LogP contribution in [0.25, 0.3) is 5.69 Å². The number of alkyl carbamates (subject to hydrolysis) is 1. The molecule has 216 valence electrons. The van der Waals surface area contributed by atoms with Crippen LogP contribution < -0.4 is 21.6 Å². The first-order valence-corrected chi connectivity index (χ1v) is 13.4. The molecule has 1 atom stereocenters. The summed E-state index contributed by atoms with van der Waals surface area (Å²) in [6, 6.07) is 8.54. The van der Waals surface area contributed by atoms with E-state index in [1.807, 2.05) is 24.3 Å². The summed E-state index contributed by atoms with van der Waals surface area (Å²) < 4.78 is 6.67. The minimum absolute atomic E-state index is 0.00306. The second-order valence-corrected chi connectivity index (χ2v) is 11.1. The lowest BCUT2D eigenvalue weighted by Gasteiger charge is -2.31. The average molecular weight is 556 g/mol. The van der Waals surface area contributed by atoms with E-state index in [9.17, 15) is 19.2 Å². The highest BCUT2D eigenvalue weighted by Crippen LogP contribution is 2.17. The van der Waals surface area contributed by atoms with E-state index >= 15 is 0 Å². The molecule has 0 aliphatic carbocycles. The summed E-state index contributed by atoms with van der Waals surface area (Å²) in [5, 5.41) is 16.9. The van der Waals surface area contributed by atoms with Crippen LogP contribution in [0.5, 0.6) is 0 Å². The number of nitrogens with one attached hydrogen (secondary N) is 3. The smallest absolute Gasteiger partial charge is 0.407 e. The van der Waals surface area contributed by atoms with Crippen LogP contribution in [0.1, 0.15) is 45.6 Å². The van der Waals surface area contributed by atoms with Gasteiger partial charge in [0.15, 0.2) is 0 Å². The first-order chi connectivity index (χ1) is 18.9. The number of nitrogens with zero attached hydrogens (tertiary/aromatic N) is 4. The summed E-state index contributed by atoms with van der Waals surface area (Å²) in [6.45, 7) is 8.49. The lowest BCUT2D eigenvalue weighted by atomic mass is 10.0. The van der Waals surface area contributed by atoms with Crippen LogP contribution >= 0.6 is 0 Å². The van der Waals surface area contributed by atoms with E-state index in [2.05, 4.69) is 25.8 Å². The molecule has 0 spiro atoms. The number of likely N-dealkylation sites (tertiary alicyclic amines) is 2. The first kappa shape index (κ1) is 28.9. The van der Waals surface area contributed by atoms with E-state index in [0.717, 1.165) is 38.0 Å². The highest BCUT2D eigenvalue weighted by Gasteiger charge is 2.29. The Morgan fingerprint density at radius 1 is 1.00 bits per heavy atom. The van der Waals surface area contributed by atoms with Gasteiger partial charge in [-0.3, -0.25) is 14.8 Å². The monoisotopic (exact) mass is 555 g/mol. The Hall–Kier alpha value is -4.13. The van der Waals surface area contributed by atoms with Crippen molar-refractivity contribution in [3.63, 3.8) is 0 Å². The third-order valence-electron chi connectivity index (χ3n) is 6.77. The van der Waals surface area contributed by atoms with Crippen molar-refractivity contribution in [3.8, 4) is 5.69 Å². The summed E-state index contributed by atoms with van der Waals surface area (Å²) in [6.07, 6.45) is 2.21. The number of hydrogen-bond donors (Lipinski definition) is 4. The Morgan fingerprint density at radius 2 is 1.68 bits per heavy atom. The van der Waals surface area contributed by atoms with Gasteiger partial charge in [-0.25, -0.2) is 19.2 Å². The van der Waals surface area contributed by atoms with Crippen molar-refractivity contribution in [2.75, 3.05) is 31.5 Å². The second kappa shape index (κ2) is 12.4. The van der Waals surface area contributed by atoms with Gasteiger partial charge in [0, 0.05) is 45.0 Å². The van der Waals surface area contributed by atoms with Crippen molar-refractivity contribution in [3.05, 3.63) is 52.6 Å². The number of carbonyl (C=O) groups excluding carboxylic acids is 2. The van der Waals surface area contributed by atoms with E-state index < -0.39 is 29.5 Å². The fraction of sp³-hybridized carbons (Fsp3) is 0.519. The number of benzene rings is 1. The highest BCUT2D eigenvalue weighted by atomic mass is 16.6. The van der Waals surface area contributed by atoms with Crippen molar-refractivity contribution >= 4 is 24.0 Å². The Labute approximate surface area is 232 Å². The van der Waals surface area contributed by atoms with Gasteiger partial charge in [0.05, 0.1) is 11.7 Å². The molecule has 2 fully saturated rings. The molecule has 1 aromatic heterocycles. The molecule has 0 saturated carbocycles. The second-order valence-electron chi connectivity index (χ2n) is 11.1. The van der Waals surface area contributed by atoms with Gasteiger partial charge in [0.1, 0.15) is 11.4 Å². The number of anilines is 1. The molecule has 1 unspecified atom stereocenters. The molecule has 2 saturated heterocycles. The van der Waals surface area contributed by atoms with Crippen LogP contribution in [0.2, 0.25) is 0 Å². The lowest BCUT2D eigenvalue weighted by Crippen LogP contribution is -2.43. The van der Waals surface area contributed by atoms with Gasteiger partial charge in [0.2, 0.25) is 0 Å². The fourth-order valence-electron chi connectivity index (χ4n) is 4.82. The molecular formula is C27H37N7O6. The Balaban J connectivity index is 1.27. The molecule has 2 aromatic rings. The van der Waals surface area contributed by atoms with Crippen molar-refractivity contribution in [1.82, 2.24) is 30.0 Å². The maximum atomic E-state index is 12.7. The molecule has 3 heterocycles. The third-order valence-corrected chi connectivity index (χ3v) is 6.77. The molecule has 4 rings (SSSR count). The molecule has 13 nitrogen and oxygen atoms in total. The van der Waals surface area contributed by atoms with Gasteiger partial charge >= 0.3 is 23.9 Å². The third kappa shape index (κ3) is 8.18. The standard InChI is InChI=1S/C27H37N7O6/c1-27(2,3)40-26(39)29-20-10-14-33(17-20)23(35)30-22-11-15-34(24(36)31-22)21-6-4-18(5-7-21)16-32-12-8-19(9-13-32)28-25(37)38/h4-7,11,15,19-20,28H,8-10,12-14,16-17H2,1-3H3,(H,29,39)(H,37,38)(H,30,31,35,36). The first-order valence-electron chi connectivity index (χ1n) is 13.4. The molecular weight excluding hydrogens is 518 g/mol. The van der Waals surface area contributed by atoms with Crippen molar-refractivity contribution in [2.45, 2.75) is 64.3 Å². The number of urea groups is 1. The zero-order chi connectivity index (χ0) is 28.9. The summed E-state index contributed by atoms with van der Waals surface area (Å²) >= 11 is 0. The largest absolute Gasteiger partial charge is 0.465 e. The minimum atomic E-state index is -0.983. The van der Waals surface area contributed by atoms with Crippen LogP contribution in [0.4, 0.5) is 20.2 Å². The predicted molar refractivity (Wildman–Crippen MR) is 148 cm³/mol. The molecule has 40 heavy (non-hydrogen) atoms. The zero-order valence-corrected chi connectivity index (χ0v) is 23.1. The van der Waals surface area contributed by atoms with Crippen LogP contribution in [-0.2, 0) is 11.3 Å². The number of carbonyl (C=O) groups is 3. The SMILES string of the molecule is CC(C)(C)OC(=O)NC1CCN(C(=O)Nc2ccn(-c3ccc(CN4CCC(NC(=O)O)CC4)cc3)c(=O)n2)C1. The van der Waals surface area contributed by atoms with Gasteiger partial charge in [-0.2, -0.15) is 4.98 Å². The van der Waals surface area contributed by atoms with Crippen LogP contribution in [0.3, 0.4) is 0 Å². The minimum Gasteiger partial charge on any atom is -0.465 e. The number of piperidine rings is 1. The maximum Gasteiger partial charge on any atom is 0.407 e. The summed E-state index contributed by atoms with van der Waals surface area (Å²) in [4.78, 5) is 56.1. The summed E-state index contributed by atoms with van der Waals surface area (Å²) in [5.74, 6) is 0.146. The van der Waals surface area contributed by atoms with Crippen LogP contribution in [-0.4, -0.2) is 86.5 Å². The molecule has 4 N–H and O–H groups in total. The van der Waals surface area contributed by atoms with E-state index in [-0.39, 0.29) is 17.9 Å². The highest BCUT2D eigenvalue weighted by molar-refractivity contribution is 5.88. The molecule has 1 aromatic carbocycles. The number of carboxylic acid groups (broad SMARTS) is 1. The van der Waals surface area contributed by atoms with Crippen LogP contribution in [0, 0.1) is 0 Å². The fourth-order valence-corrected chi connectivity index (χ4v) is 4.82. The Bertz CT molecular complexity index is 1270. The van der Waals surface area contributed by atoms with Crippen LogP contribution in [0.15, 0.2) is 41.3 Å². The van der Waals surface area contributed by atoms with E-state index in [1.54, 1.807) is 37.9 Å². The summed E-state index contributed by atoms with van der Waals surface area (Å²) in [7, 11) is 0. The normalized spacial score (nSPS) is 18.3. The number of amides is 4. The number of ether oxygens (including phenoxy) is 1. The molecule has 13 heteroatoms. The lowest BCUT2D eigenvalue weighted by molar-refractivity contribution is 0.0506. The summed E-state index contributed by atoms with van der Waals surface area (Å²) in [5.41, 5.74) is 0.613. The molecule has 0 bridgehead atoms. The number of hydrogen-bond acceptors (Lipinski definition) is 7. The predicted octanol–water partition coefficient (Wildman–Crippen LogP) is 2.60. The van der Waals surface area contributed by atoms with E-state index in [4.69, 9.17) is 9.84 Å². The quantitative estimate of drug-likeness (QED) is 0.423. The van der Waals surface area contributed by atoms with Crippen molar-refractivity contribution in [2.24, 2.45) is 0 Å². The Kier molecular flexibility index (Phi) is 8.93. The topological polar surface area (TPSA) is 158 Å². The molecule has 4 amide bonds. The average Bonchev–Trinajstić information content (AvgIpc) is 3.33. The van der Waals surface area contributed by atoms with E-state index in [0.29, 0.717) is 25.2 Å². The maximum absolute atomic E-state index is 12.7. The molecule has 2 aliphatic heterocycles. The number of aromatic nitrogens is 2.